The number of rotatable bonds is 5. The minimum absolute atomic E-state index is 0.0881. The number of nitrogens with zero attached hydrogens (tertiary/aromatic N) is 1. The fraction of sp³-hybridized carbons (Fsp3) is 0.500. The van der Waals surface area contributed by atoms with Crippen molar-refractivity contribution in [3.63, 3.8) is 0 Å². The van der Waals surface area contributed by atoms with Gasteiger partial charge in [0.2, 0.25) is 0 Å². The van der Waals surface area contributed by atoms with Crippen LogP contribution >= 0.6 is 11.6 Å². The first-order valence-electron chi connectivity index (χ1n) is 6.31. The molecule has 0 aliphatic rings. The molecule has 6 heteroatoms. The predicted molar refractivity (Wildman–Crippen MR) is 76.8 cm³/mol. The monoisotopic (exact) mass is 298 g/mol. The van der Waals surface area contributed by atoms with Gasteiger partial charge in [-0.1, -0.05) is 32.4 Å². The van der Waals surface area contributed by atoms with Crippen molar-refractivity contribution < 1.29 is 14.7 Å². The number of carbonyl (C=O) groups is 2. The molecule has 2 N–H and O–H groups in total. The molecule has 0 fully saturated rings. The summed E-state index contributed by atoms with van der Waals surface area (Å²) in [6.07, 6.45) is 1.88. The Labute approximate surface area is 123 Å². The van der Waals surface area contributed by atoms with Gasteiger partial charge in [0.05, 0.1) is 6.42 Å². The van der Waals surface area contributed by atoms with E-state index in [1.54, 1.807) is 6.07 Å². The maximum Gasteiger partial charge on any atom is 0.305 e. The van der Waals surface area contributed by atoms with Crippen LogP contribution in [0.25, 0.3) is 0 Å². The standard InChI is InChI=1S/C14H19ClN2O3/c1-14(2,3)8-10(7-12(18)19)17-13(20)11-6-9(15)4-5-16-11/h4-6,10H,7-8H2,1-3H3,(H,17,20)(H,18,19). The molecule has 0 spiro atoms. The molecule has 1 unspecified atom stereocenters. The van der Waals surface area contributed by atoms with Gasteiger partial charge in [0.15, 0.2) is 0 Å². The summed E-state index contributed by atoms with van der Waals surface area (Å²) >= 11 is 5.80. The molecular weight excluding hydrogens is 280 g/mol. The van der Waals surface area contributed by atoms with Crippen molar-refractivity contribution in [1.29, 1.82) is 0 Å². The lowest BCUT2D eigenvalue weighted by Gasteiger charge is -2.25. The molecule has 110 valence electrons. The summed E-state index contributed by atoms with van der Waals surface area (Å²) in [4.78, 5) is 26.9. The number of hydrogen-bond acceptors (Lipinski definition) is 3. The number of aliphatic carboxylic acids is 1. The maximum atomic E-state index is 12.0. The first-order valence-corrected chi connectivity index (χ1v) is 6.69. The average Bonchev–Trinajstić information content (AvgIpc) is 2.25. The van der Waals surface area contributed by atoms with Crippen LogP contribution in [0.3, 0.4) is 0 Å². The van der Waals surface area contributed by atoms with Gasteiger partial charge in [0.1, 0.15) is 5.69 Å². The van der Waals surface area contributed by atoms with E-state index in [9.17, 15) is 9.59 Å². The lowest BCUT2D eigenvalue weighted by molar-refractivity contribution is -0.137. The summed E-state index contributed by atoms with van der Waals surface area (Å²) in [6.45, 7) is 5.98. The van der Waals surface area contributed by atoms with E-state index < -0.39 is 17.9 Å². The Morgan fingerprint density at radius 1 is 1.45 bits per heavy atom. The van der Waals surface area contributed by atoms with Crippen LogP contribution < -0.4 is 5.32 Å². The highest BCUT2D eigenvalue weighted by Gasteiger charge is 2.23. The third-order valence-electron chi connectivity index (χ3n) is 2.57. The summed E-state index contributed by atoms with van der Waals surface area (Å²) in [6, 6.07) is 2.58. The van der Waals surface area contributed by atoms with Gasteiger partial charge in [-0.3, -0.25) is 14.6 Å². The fourth-order valence-electron chi connectivity index (χ4n) is 1.91. The zero-order valence-electron chi connectivity index (χ0n) is 11.8. The minimum atomic E-state index is -0.946. The van der Waals surface area contributed by atoms with Crippen molar-refractivity contribution in [3.05, 3.63) is 29.0 Å². The first kappa shape index (κ1) is 16.4. The van der Waals surface area contributed by atoms with Crippen molar-refractivity contribution in [2.75, 3.05) is 0 Å². The topological polar surface area (TPSA) is 79.3 Å². The Kier molecular flexibility index (Phi) is 5.51. The molecule has 0 saturated carbocycles. The molecule has 1 aromatic rings. The Morgan fingerprint density at radius 2 is 2.10 bits per heavy atom. The molecule has 1 heterocycles. The number of carboxylic acids is 1. The van der Waals surface area contributed by atoms with Crippen LogP contribution in [0, 0.1) is 5.41 Å². The van der Waals surface area contributed by atoms with Crippen molar-refractivity contribution in [2.24, 2.45) is 5.41 Å². The first-order chi connectivity index (χ1) is 9.17. The number of hydrogen-bond donors (Lipinski definition) is 2. The summed E-state index contributed by atoms with van der Waals surface area (Å²) in [7, 11) is 0. The number of pyridine rings is 1. The van der Waals surface area contributed by atoms with Crippen molar-refractivity contribution in [2.45, 2.75) is 39.7 Å². The van der Waals surface area contributed by atoms with E-state index in [2.05, 4.69) is 10.3 Å². The van der Waals surface area contributed by atoms with E-state index in [0.717, 1.165) is 0 Å². The van der Waals surface area contributed by atoms with Gasteiger partial charge in [0, 0.05) is 17.3 Å². The minimum Gasteiger partial charge on any atom is -0.481 e. The SMILES string of the molecule is CC(C)(C)CC(CC(=O)O)NC(=O)c1cc(Cl)ccn1. The van der Waals surface area contributed by atoms with Crippen LogP contribution in [0.4, 0.5) is 0 Å². The van der Waals surface area contributed by atoms with E-state index in [4.69, 9.17) is 16.7 Å². The van der Waals surface area contributed by atoms with Gasteiger partial charge in [0.25, 0.3) is 5.91 Å². The van der Waals surface area contributed by atoms with Crippen molar-refractivity contribution >= 4 is 23.5 Å². The Bertz CT molecular complexity index is 497. The highest BCUT2D eigenvalue weighted by atomic mass is 35.5. The number of amides is 1. The number of carboxylic acid groups (broad SMARTS) is 1. The van der Waals surface area contributed by atoms with Gasteiger partial charge < -0.3 is 10.4 Å². The second kappa shape index (κ2) is 6.70. The van der Waals surface area contributed by atoms with E-state index in [-0.39, 0.29) is 17.5 Å². The second-order valence-corrected chi connectivity index (χ2v) is 6.33. The molecule has 1 aromatic heterocycles. The molecule has 5 nitrogen and oxygen atoms in total. The normalized spacial score (nSPS) is 12.8. The lowest BCUT2D eigenvalue weighted by Crippen LogP contribution is -2.39. The van der Waals surface area contributed by atoms with Crippen molar-refractivity contribution in [3.8, 4) is 0 Å². The molecule has 1 amide bonds. The Hall–Kier alpha value is -1.62. The van der Waals surface area contributed by atoms with Crippen LogP contribution in [-0.4, -0.2) is 28.0 Å². The molecule has 0 aliphatic carbocycles. The molecule has 1 atom stereocenters. The number of aromatic nitrogens is 1. The molecule has 0 aromatic carbocycles. The highest BCUT2D eigenvalue weighted by molar-refractivity contribution is 6.30. The zero-order chi connectivity index (χ0) is 15.3. The summed E-state index contributed by atoms with van der Waals surface area (Å²) in [5.74, 6) is -1.36. The third-order valence-corrected chi connectivity index (χ3v) is 2.80. The zero-order valence-corrected chi connectivity index (χ0v) is 12.6. The average molecular weight is 299 g/mol. The van der Waals surface area contributed by atoms with Crippen LogP contribution in [0.15, 0.2) is 18.3 Å². The highest BCUT2D eigenvalue weighted by Crippen LogP contribution is 2.22. The quantitative estimate of drug-likeness (QED) is 0.876. The van der Waals surface area contributed by atoms with Gasteiger partial charge >= 0.3 is 5.97 Å². The fourth-order valence-corrected chi connectivity index (χ4v) is 2.07. The smallest absolute Gasteiger partial charge is 0.305 e. The summed E-state index contributed by atoms with van der Waals surface area (Å²) < 4.78 is 0. The van der Waals surface area contributed by atoms with E-state index >= 15 is 0 Å². The summed E-state index contributed by atoms with van der Waals surface area (Å²) in [5.41, 5.74) is 0.0941. The van der Waals surface area contributed by atoms with Gasteiger partial charge in [-0.05, 0) is 24.0 Å². The number of carbonyl (C=O) groups excluding carboxylic acids is 1. The van der Waals surface area contributed by atoms with Crippen LogP contribution in [-0.2, 0) is 4.79 Å². The maximum absolute atomic E-state index is 12.0. The number of nitrogens with one attached hydrogen (secondary N) is 1. The molecule has 0 radical (unpaired) electrons. The van der Waals surface area contributed by atoms with Crippen LogP contribution in [0.2, 0.25) is 5.02 Å². The van der Waals surface area contributed by atoms with E-state index in [1.165, 1.54) is 12.3 Å². The number of halogens is 1. The van der Waals surface area contributed by atoms with E-state index in [1.807, 2.05) is 20.8 Å². The Morgan fingerprint density at radius 3 is 2.60 bits per heavy atom. The van der Waals surface area contributed by atoms with Crippen LogP contribution in [0.5, 0.6) is 0 Å². The van der Waals surface area contributed by atoms with Crippen molar-refractivity contribution in [1.82, 2.24) is 10.3 Å². The molecule has 20 heavy (non-hydrogen) atoms. The van der Waals surface area contributed by atoms with Crippen LogP contribution in [0.1, 0.15) is 44.1 Å². The van der Waals surface area contributed by atoms with E-state index in [0.29, 0.717) is 11.4 Å². The summed E-state index contributed by atoms with van der Waals surface area (Å²) in [5, 5.41) is 12.0. The van der Waals surface area contributed by atoms with Gasteiger partial charge in [-0.25, -0.2) is 0 Å². The molecule has 0 aliphatic heterocycles. The lowest BCUT2D eigenvalue weighted by atomic mass is 9.87. The largest absolute Gasteiger partial charge is 0.481 e. The molecule has 1 rings (SSSR count). The third kappa shape index (κ3) is 6.02. The second-order valence-electron chi connectivity index (χ2n) is 5.89. The van der Waals surface area contributed by atoms with Gasteiger partial charge in [-0.15, -0.1) is 0 Å². The van der Waals surface area contributed by atoms with Gasteiger partial charge in [-0.2, -0.15) is 0 Å². The molecule has 0 saturated heterocycles. The Balaban J connectivity index is 2.78. The molecule has 0 bridgehead atoms. The predicted octanol–water partition coefficient (Wildman–Crippen LogP) is 2.74. The molecular formula is C14H19ClN2O3.